The highest BCUT2D eigenvalue weighted by Gasteiger charge is 2.27. The molecule has 1 saturated carbocycles. The maximum atomic E-state index is 12.6. The van der Waals surface area contributed by atoms with Crippen LogP contribution in [0.4, 0.5) is 17.2 Å². The highest BCUT2D eigenvalue weighted by Crippen LogP contribution is 2.38. The molecule has 2 aromatic heterocycles. The van der Waals surface area contributed by atoms with Crippen LogP contribution in [0.3, 0.4) is 0 Å². The van der Waals surface area contributed by atoms with Gasteiger partial charge in [-0.05, 0) is 67.5 Å². The van der Waals surface area contributed by atoms with E-state index in [1.165, 1.54) is 0 Å². The molecule has 3 heterocycles. The molecule has 1 aliphatic heterocycles. The van der Waals surface area contributed by atoms with Crippen LogP contribution in [0.15, 0.2) is 54.2 Å². The second kappa shape index (κ2) is 11.4. The number of hydrogen-bond donors (Lipinski definition) is 3. The Hall–Kier alpha value is -3.40. The highest BCUT2D eigenvalue weighted by molar-refractivity contribution is 7.17. The monoisotopic (exact) mass is 563 g/mol. The second-order valence-corrected chi connectivity index (χ2v) is 11.4. The number of anilines is 3. The number of amides is 1. The van der Waals surface area contributed by atoms with Gasteiger partial charge < -0.3 is 25.4 Å². The molecule has 0 unspecified atom stereocenters. The van der Waals surface area contributed by atoms with E-state index in [2.05, 4.69) is 31.6 Å². The molecule has 2 aliphatic rings. The molecule has 0 atom stereocenters. The van der Waals surface area contributed by atoms with Gasteiger partial charge in [0.05, 0.1) is 16.8 Å². The van der Waals surface area contributed by atoms with Gasteiger partial charge in [-0.15, -0.1) is 11.3 Å². The van der Waals surface area contributed by atoms with Crippen molar-refractivity contribution in [2.75, 3.05) is 29.9 Å². The summed E-state index contributed by atoms with van der Waals surface area (Å²) in [6.07, 6.45) is 5.03. The summed E-state index contributed by atoms with van der Waals surface area (Å²) < 4.78 is 7.32. The molecular weight excluding hydrogens is 534 g/mol. The van der Waals surface area contributed by atoms with E-state index < -0.39 is 0 Å². The zero-order valence-electron chi connectivity index (χ0n) is 21.4. The third-order valence-electron chi connectivity index (χ3n) is 7.45. The summed E-state index contributed by atoms with van der Waals surface area (Å²) in [7, 11) is 0. The summed E-state index contributed by atoms with van der Waals surface area (Å²) in [5.41, 5.74) is 2.73. The first-order valence-corrected chi connectivity index (χ1v) is 14.6. The Morgan fingerprint density at radius 1 is 1.13 bits per heavy atom. The van der Waals surface area contributed by atoms with Crippen molar-refractivity contribution in [2.24, 2.45) is 5.92 Å². The topological polar surface area (TPSA) is 99.6 Å². The molecule has 10 heteroatoms. The van der Waals surface area contributed by atoms with Gasteiger partial charge in [0, 0.05) is 47.7 Å². The van der Waals surface area contributed by atoms with Gasteiger partial charge >= 0.3 is 0 Å². The van der Waals surface area contributed by atoms with Crippen LogP contribution in [0.1, 0.15) is 31.4 Å². The average molecular weight is 564 g/mol. The predicted octanol–water partition coefficient (Wildman–Crippen LogP) is 5.91. The Morgan fingerprint density at radius 3 is 2.85 bits per heavy atom. The summed E-state index contributed by atoms with van der Waals surface area (Å²) in [5.74, 6) is 2.14. The molecule has 1 amide bonds. The van der Waals surface area contributed by atoms with Crippen molar-refractivity contribution in [1.29, 1.82) is 0 Å². The van der Waals surface area contributed by atoms with Crippen LogP contribution in [0, 0.1) is 5.92 Å². The Kier molecular flexibility index (Phi) is 7.54. The number of aromatic nitrogens is 2. The van der Waals surface area contributed by atoms with E-state index in [-0.39, 0.29) is 17.9 Å². The summed E-state index contributed by atoms with van der Waals surface area (Å²) in [4.78, 5) is 23.8. The van der Waals surface area contributed by atoms with Crippen LogP contribution in [0.25, 0.3) is 10.1 Å². The molecule has 1 aliphatic carbocycles. The summed E-state index contributed by atoms with van der Waals surface area (Å²) in [5, 5.41) is 19.8. The van der Waals surface area contributed by atoms with Crippen LogP contribution >= 0.6 is 22.9 Å². The number of halogens is 1. The zero-order chi connectivity index (χ0) is 26.8. The van der Waals surface area contributed by atoms with Crippen LogP contribution in [0.2, 0.25) is 5.02 Å². The highest BCUT2D eigenvalue weighted by atomic mass is 35.5. The Bertz CT molecular complexity index is 1490. The second-order valence-electron chi connectivity index (χ2n) is 10.0. The third kappa shape index (κ3) is 5.66. The van der Waals surface area contributed by atoms with Gasteiger partial charge in [0.1, 0.15) is 23.5 Å². The van der Waals surface area contributed by atoms with Crippen LogP contribution in [-0.4, -0.2) is 46.7 Å². The molecule has 0 radical (unpaired) electrons. The van der Waals surface area contributed by atoms with Gasteiger partial charge in [-0.1, -0.05) is 17.7 Å². The van der Waals surface area contributed by atoms with E-state index in [1.807, 2.05) is 41.8 Å². The Balaban J connectivity index is 1.11. The number of aliphatic hydroxyl groups is 1. The number of carbonyl (C=O) groups excluding carboxylic acids is 1. The number of fused-ring (bicyclic) bond motifs is 2. The van der Waals surface area contributed by atoms with E-state index in [0.717, 1.165) is 58.7 Å². The number of carbonyl (C=O) groups is 1. The number of ether oxygens (including phenoxy) is 1. The van der Waals surface area contributed by atoms with Crippen molar-refractivity contribution in [3.8, 4) is 11.5 Å². The average Bonchev–Trinajstić information content (AvgIpc) is 3.59. The lowest BCUT2D eigenvalue weighted by atomic mass is 9.87. The van der Waals surface area contributed by atoms with Crippen LogP contribution < -0.4 is 20.3 Å². The molecule has 4 aromatic rings. The maximum absolute atomic E-state index is 12.6. The molecule has 0 saturated heterocycles. The molecule has 0 spiro atoms. The molecule has 2 aromatic carbocycles. The fourth-order valence-corrected chi connectivity index (χ4v) is 6.39. The van der Waals surface area contributed by atoms with Crippen LogP contribution in [-0.2, 0) is 11.2 Å². The largest absolute Gasteiger partial charge is 0.455 e. The van der Waals surface area contributed by atoms with Gasteiger partial charge in [0.2, 0.25) is 5.91 Å². The fraction of sp³-hybridized carbons (Fsp3) is 0.345. The molecule has 0 bridgehead atoms. The summed E-state index contributed by atoms with van der Waals surface area (Å²) in [6.45, 7) is 2.02. The lowest BCUT2D eigenvalue weighted by Crippen LogP contribution is -2.39. The van der Waals surface area contributed by atoms with E-state index in [0.29, 0.717) is 42.5 Å². The SMILES string of the molecule is O=C(NCCN1CCc2ncnc(Nc3ccc(Oc4cccc5sccc45)c(Cl)c3)c21)[C@H]1CC[C@@H](O)CC1. The van der Waals surface area contributed by atoms with Crippen LogP contribution in [0.5, 0.6) is 11.5 Å². The van der Waals surface area contributed by atoms with E-state index in [1.54, 1.807) is 17.7 Å². The van der Waals surface area contributed by atoms with Gasteiger partial charge in [0.15, 0.2) is 5.82 Å². The normalized spacial score (nSPS) is 18.7. The first-order valence-electron chi connectivity index (χ1n) is 13.3. The maximum Gasteiger partial charge on any atom is 0.223 e. The molecule has 1 fully saturated rings. The lowest BCUT2D eigenvalue weighted by molar-refractivity contribution is -0.126. The number of rotatable bonds is 8. The minimum Gasteiger partial charge on any atom is -0.455 e. The van der Waals surface area contributed by atoms with E-state index >= 15 is 0 Å². The standard InChI is InChI=1S/C29H30ClN5O3S/c30-22-16-19(6-9-25(22)38-24-2-1-3-26-21(24)11-15-39-26)34-28-27-23(32-17-33-28)10-13-35(27)14-12-31-29(37)18-4-7-20(36)8-5-18/h1-3,6,9,11,15-18,20,36H,4-5,7-8,10,12-14H2,(H,31,37)(H,32,33,34)/t18-,20+. The molecular formula is C29H30ClN5O3S. The molecule has 8 nitrogen and oxygen atoms in total. The fourth-order valence-electron chi connectivity index (χ4n) is 5.37. The predicted molar refractivity (Wildman–Crippen MR) is 156 cm³/mol. The minimum atomic E-state index is -0.263. The zero-order valence-corrected chi connectivity index (χ0v) is 23.0. The van der Waals surface area contributed by atoms with Crippen molar-refractivity contribution in [3.63, 3.8) is 0 Å². The van der Waals surface area contributed by atoms with Gasteiger partial charge in [-0.25, -0.2) is 9.97 Å². The van der Waals surface area contributed by atoms with Gasteiger partial charge in [-0.2, -0.15) is 0 Å². The smallest absolute Gasteiger partial charge is 0.223 e. The van der Waals surface area contributed by atoms with Crippen molar-refractivity contribution >= 4 is 56.1 Å². The Labute approximate surface area is 236 Å². The van der Waals surface area contributed by atoms with E-state index in [9.17, 15) is 9.90 Å². The van der Waals surface area contributed by atoms with Crippen molar-refractivity contribution in [2.45, 2.75) is 38.2 Å². The molecule has 202 valence electrons. The quantitative estimate of drug-likeness (QED) is 0.245. The molecule has 39 heavy (non-hydrogen) atoms. The van der Waals surface area contributed by atoms with Crippen molar-refractivity contribution < 1.29 is 14.6 Å². The lowest BCUT2D eigenvalue weighted by Gasteiger charge is -2.25. The van der Waals surface area contributed by atoms with Gasteiger partial charge in [0.25, 0.3) is 0 Å². The summed E-state index contributed by atoms with van der Waals surface area (Å²) in [6, 6.07) is 13.7. The number of thiophene rings is 1. The Morgan fingerprint density at radius 2 is 2.00 bits per heavy atom. The number of nitrogens with zero attached hydrogens (tertiary/aromatic N) is 3. The molecule has 3 N–H and O–H groups in total. The third-order valence-corrected chi connectivity index (χ3v) is 8.63. The first kappa shape index (κ1) is 25.9. The minimum absolute atomic E-state index is 0.00492. The number of hydrogen-bond acceptors (Lipinski definition) is 8. The number of nitrogens with one attached hydrogen (secondary N) is 2. The summed E-state index contributed by atoms with van der Waals surface area (Å²) >= 11 is 8.30. The van der Waals surface area contributed by atoms with Crippen molar-refractivity contribution in [1.82, 2.24) is 15.3 Å². The van der Waals surface area contributed by atoms with E-state index in [4.69, 9.17) is 16.3 Å². The van der Waals surface area contributed by atoms with Crippen molar-refractivity contribution in [3.05, 3.63) is 64.9 Å². The van der Waals surface area contributed by atoms with Gasteiger partial charge in [-0.3, -0.25) is 4.79 Å². The number of benzene rings is 2. The first-order chi connectivity index (χ1) is 19.0. The number of aliphatic hydroxyl groups excluding tert-OH is 1. The molecule has 6 rings (SSSR count).